The summed E-state index contributed by atoms with van der Waals surface area (Å²) in [5.41, 5.74) is 2.07. The second kappa shape index (κ2) is 8.86. The lowest BCUT2D eigenvalue weighted by molar-refractivity contribution is 0.130. The molecule has 0 unspecified atom stereocenters. The van der Waals surface area contributed by atoms with Crippen molar-refractivity contribution in [2.45, 2.75) is 20.3 Å². The summed E-state index contributed by atoms with van der Waals surface area (Å²) >= 11 is 3.45. The first-order chi connectivity index (χ1) is 14.0. The van der Waals surface area contributed by atoms with Crippen LogP contribution >= 0.6 is 15.9 Å². The van der Waals surface area contributed by atoms with Gasteiger partial charge in [-0.1, -0.05) is 22.9 Å². The maximum Gasteiger partial charge on any atom is 0.200 e. The van der Waals surface area contributed by atoms with Gasteiger partial charge in [-0.25, -0.2) is 0 Å². The largest absolute Gasteiger partial charge is 0.490 e. The van der Waals surface area contributed by atoms with E-state index >= 15 is 0 Å². The Hall–Kier alpha value is -1.89. The van der Waals surface area contributed by atoms with Crippen molar-refractivity contribution in [2.24, 2.45) is 0 Å². The van der Waals surface area contributed by atoms with Crippen molar-refractivity contribution in [3.05, 3.63) is 50.6 Å². The van der Waals surface area contributed by atoms with Crippen LogP contribution in [-0.4, -0.2) is 55.7 Å². The van der Waals surface area contributed by atoms with Crippen LogP contribution in [0, 0.1) is 6.92 Å². The van der Waals surface area contributed by atoms with Crippen molar-refractivity contribution in [2.75, 3.05) is 45.9 Å². The average Bonchev–Trinajstić information content (AvgIpc) is 2.72. The van der Waals surface area contributed by atoms with Gasteiger partial charge < -0.3 is 19.0 Å². The van der Waals surface area contributed by atoms with E-state index in [-0.39, 0.29) is 5.43 Å². The molecule has 0 saturated carbocycles. The van der Waals surface area contributed by atoms with E-state index in [0.717, 1.165) is 55.7 Å². The van der Waals surface area contributed by atoms with Crippen LogP contribution < -0.4 is 10.2 Å². The molecule has 2 heterocycles. The number of hydrogen-bond acceptors (Lipinski definition) is 5. The van der Waals surface area contributed by atoms with Crippen LogP contribution in [0.2, 0.25) is 0 Å². The lowest BCUT2D eigenvalue weighted by Gasteiger charge is -2.33. The van der Waals surface area contributed by atoms with Gasteiger partial charge in [-0.2, -0.15) is 0 Å². The SMILES string of the molecule is CCN1CCN(CCCOc2cc(C)cc3c(=O)c4ccc(Br)cc4oc23)CC1. The molecule has 1 aliphatic rings. The average molecular weight is 459 g/mol. The van der Waals surface area contributed by atoms with Gasteiger partial charge in [-0.15, -0.1) is 0 Å². The molecule has 0 amide bonds. The number of nitrogens with zero attached hydrogens (tertiary/aromatic N) is 2. The van der Waals surface area contributed by atoms with Gasteiger partial charge in [-0.3, -0.25) is 4.79 Å². The molecular formula is C23H27BrN2O3. The number of aryl methyl sites for hydroxylation is 1. The van der Waals surface area contributed by atoms with Gasteiger partial charge in [0, 0.05) is 37.2 Å². The molecular weight excluding hydrogens is 432 g/mol. The molecule has 3 aromatic rings. The highest BCUT2D eigenvalue weighted by molar-refractivity contribution is 9.10. The van der Waals surface area contributed by atoms with E-state index in [1.54, 1.807) is 6.07 Å². The maximum atomic E-state index is 12.9. The van der Waals surface area contributed by atoms with E-state index in [1.807, 2.05) is 31.2 Å². The zero-order chi connectivity index (χ0) is 20.4. The predicted octanol–water partition coefficient (Wildman–Crippen LogP) is 4.42. The van der Waals surface area contributed by atoms with Crippen LogP contribution in [0.5, 0.6) is 5.75 Å². The van der Waals surface area contributed by atoms with Crippen molar-refractivity contribution in [3.63, 3.8) is 0 Å². The molecule has 0 radical (unpaired) electrons. The third-order valence-electron chi connectivity index (χ3n) is 5.63. The highest BCUT2D eigenvalue weighted by Crippen LogP contribution is 2.30. The van der Waals surface area contributed by atoms with E-state index in [2.05, 4.69) is 32.7 Å². The fourth-order valence-electron chi connectivity index (χ4n) is 3.94. The first-order valence-electron chi connectivity index (χ1n) is 10.3. The number of halogens is 1. The number of ether oxygens (including phenoxy) is 1. The molecule has 1 aromatic heterocycles. The molecule has 2 aromatic carbocycles. The van der Waals surface area contributed by atoms with Gasteiger partial charge in [0.1, 0.15) is 5.58 Å². The first-order valence-corrected chi connectivity index (χ1v) is 11.1. The summed E-state index contributed by atoms with van der Waals surface area (Å²) in [5.74, 6) is 0.648. The van der Waals surface area contributed by atoms with Crippen LogP contribution in [0.4, 0.5) is 0 Å². The summed E-state index contributed by atoms with van der Waals surface area (Å²) in [6.07, 6.45) is 0.949. The minimum atomic E-state index is -0.0175. The Morgan fingerprint density at radius 1 is 1.07 bits per heavy atom. The quantitative estimate of drug-likeness (QED) is 0.404. The summed E-state index contributed by atoms with van der Waals surface area (Å²) in [6, 6.07) is 9.32. The topological polar surface area (TPSA) is 45.9 Å². The molecule has 0 spiro atoms. The highest BCUT2D eigenvalue weighted by atomic mass is 79.9. The van der Waals surface area contributed by atoms with Crippen LogP contribution in [0.25, 0.3) is 21.9 Å². The number of rotatable bonds is 6. The lowest BCUT2D eigenvalue weighted by atomic mass is 10.1. The molecule has 0 N–H and O–H groups in total. The van der Waals surface area contributed by atoms with Gasteiger partial charge in [0.2, 0.25) is 5.43 Å². The van der Waals surface area contributed by atoms with Crippen molar-refractivity contribution in [1.29, 1.82) is 0 Å². The molecule has 5 nitrogen and oxygen atoms in total. The maximum absolute atomic E-state index is 12.9. The normalized spacial score (nSPS) is 16.0. The molecule has 4 rings (SSSR count). The van der Waals surface area contributed by atoms with Crippen molar-refractivity contribution >= 4 is 37.9 Å². The molecule has 1 aliphatic heterocycles. The summed E-state index contributed by atoms with van der Waals surface area (Å²) in [7, 11) is 0. The molecule has 6 heteroatoms. The number of likely N-dealkylation sites (N-methyl/N-ethyl adjacent to an activating group) is 1. The minimum Gasteiger partial charge on any atom is -0.490 e. The Morgan fingerprint density at radius 2 is 1.83 bits per heavy atom. The van der Waals surface area contributed by atoms with Crippen molar-refractivity contribution in [3.8, 4) is 5.75 Å². The third-order valence-corrected chi connectivity index (χ3v) is 6.13. The Labute approximate surface area is 179 Å². The summed E-state index contributed by atoms with van der Waals surface area (Å²) in [6.45, 7) is 11.5. The number of benzene rings is 2. The lowest BCUT2D eigenvalue weighted by Crippen LogP contribution is -2.46. The third kappa shape index (κ3) is 4.49. The Balaban J connectivity index is 1.50. The minimum absolute atomic E-state index is 0.0175. The summed E-state index contributed by atoms with van der Waals surface area (Å²) < 4.78 is 13.1. The van der Waals surface area contributed by atoms with Crippen LogP contribution in [0.1, 0.15) is 18.9 Å². The highest BCUT2D eigenvalue weighted by Gasteiger charge is 2.16. The standard InChI is InChI=1S/C23H27BrN2O3/c1-3-25-8-10-26(11-9-25)7-4-12-28-21-14-16(2)13-19-22(27)18-6-5-17(24)15-20(18)29-23(19)21/h5-6,13-15H,3-4,7-12H2,1-2H3. The fraction of sp³-hybridized carbons (Fsp3) is 0.435. The van der Waals surface area contributed by atoms with Gasteiger partial charge in [-0.05, 0) is 55.8 Å². The van der Waals surface area contributed by atoms with Gasteiger partial charge in [0.05, 0.1) is 17.4 Å². The molecule has 154 valence electrons. The molecule has 29 heavy (non-hydrogen) atoms. The van der Waals surface area contributed by atoms with Crippen LogP contribution in [-0.2, 0) is 0 Å². The first kappa shape index (κ1) is 20.4. The van der Waals surface area contributed by atoms with Gasteiger partial charge in [0.25, 0.3) is 0 Å². The monoisotopic (exact) mass is 458 g/mol. The van der Waals surface area contributed by atoms with E-state index in [4.69, 9.17) is 9.15 Å². The van der Waals surface area contributed by atoms with Gasteiger partial charge >= 0.3 is 0 Å². The van der Waals surface area contributed by atoms with E-state index in [0.29, 0.717) is 34.3 Å². The van der Waals surface area contributed by atoms with Crippen LogP contribution in [0.15, 0.2) is 44.0 Å². The Kier molecular flexibility index (Phi) is 6.23. The van der Waals surface area contributed by atoms with Crippen LogP contribution in [0.3, 0.4) is 0 Å². The molecule has 0 aliphatic carbocycles. The summed E-state index contributed by atoms with van der Waals surface area (Å²) in [5, 5.41) is 1.16. The zero-order valence-corrected chi connectivity index (χ0v) is 18.6. The Morgan fingerprint density at radius 3 is 2.59 bits per heavy atom. The van der Waals surface area contributed by atoms with Gasteiger partial charge in [0.15, 0.2) is 11.3 Å². The second-order valence-electron chi connectivity index (χ2n) is 7.69. The molecule has 1 saturated heterocycles. The fourth-order valence-corrected chi connectivity index (χ4v) is 4.28. The number of hydrogen-bond donors (Lipinski definition) is 0. The smallest absolute Gasteiger partial charge is 0.200 e. The van der Waals surface area contributed by atoms with E-state index in [1.165, 1.54) is 0 Å². The number of fused-ring (bicyclic) bond motifs is 2. The number of piperazine rings is 1. The molecule has 0 bridgehead atoms. The van der Waals surface area contributed by atoms with Crippen molar-refractivity contribution < 1.29 is 9.15 Å². The zero-order valence-electron chi connectivity index (χ0n) is 17.0. The predicted molar refractivity (Wildman–Crippen MR) is 121 cm³/mol. The van der Waals surface area contributed by atoms with E-state index < -0.39 is 0 Å². The molecule has 1 fully saturated rings. The molecule has 0 atom stereocenters. The Bertz CT molecular complexity index is 1070. The van der Waals surface area contributed by atoms with E-state index in [9.17, 15) is 4.79 Å². The van der Waals surface area contributed by atoms with Crippen molar-refractivity contribution in [1.82, 2.24) is 9.80 Å². The second-order valence-corrected chi connectivity index (χ2v) is 8.61. The summed E-state index contributed by atoms with van der Waals surface area (Å²) in [4.78, 5) is 17.9.